The summed E-state index contributed by atoms with van der Waals surface area (Å²) < 4.78 is 13.4. The Bertz CT molecular complexity index is 736. The number of rotatable bonds is 3. The number of amides is 1. The highest BCUT2D eigenvalue weighted by Crippen LogP contribution is 2.40. The Hall–Kier alpha value is -1.79. The topological polar surface area (TPSA) is 36.4 Å². The summed E-state index contributed by atoms with van der Waals surface area (Å²) >= 11 is 1.45. The van der Waals surface area contributed by atoms with Gasteiger partial charge in [-0.3, -0.25) is 9.69 Å². The van der Waals surface area contributed by atoms with Crippen LogP contribution >= 0.6 is 11.3 Å². The number of halogens is 1. The summed E-state index contributed by atoms with van der Waals surface area (Å²) in [5, 5.41) is 1.81. The Labute approximate surface area is 144 Å². The molecule has 2 fully saturated rings. The molecule has 4 nitrogen and oxygen atoms in total. The van der Waals surface area contributed by atoms with E-state index in [9.17, 15) is 9.18 Å². The first kappa shape index (κ1) is 15.7. The van der Waals surface area contributed by atoms with E-state index in [1.807, 2.05) is 16.3 Å². The molecule has 3 heterocycles. The number of benzene rings is 1. The predicted molar refractivity (Wildman–Crippen MR) is 91.4 cm³/mol. The Morgan fingerprint density at radius 1 is 1.33 bits per heavy atom. The summed E-state index contributed by atoms with van der Waals surface area (Å²) in [4.78, 5) is 21.1. The van der Waals surface area contributed by atoms with Crippen LogP contribution in [0.25, 0.3) is 0 Å². The SMILES string of the molecule is O=C(c1cscn1)N1CCCC2(CCN2Cc2cccc(F)c2)C1. The quantitative estimate of drug-likeness (QED) is 0.857. The van der Waals surface area contributed by atoms with Crippen LogP contribution < -0.4 is 0 Å². The van der Waals surface area contributed by atoms with E-state index in [2.05, 4.69) is 9.88 Å². The van der Waals surface area contributed by atoms with Crippen LogP contribution in [0.3, 0.4) is 0 Å². The van der Waals surface area contributed by atoms with Gasteiger partial charge < -0.3 is 4.90 Å². The van der Waals surface area contributed by atoms with E-state index in [0.717, 1.165) is 51.0 Å². The van der Waals surface area contributed by atoms with Gasteiger partial charge in [-0.05, 0) is 37.0 Å². The number of nitrogens with zero attached hydrogens (tertiary/aromatic N) is 3. The maximum Gasteiger partial charge on any atom is 0.273 e. The number of carbonyl (C=O) groups excluding carboxylic acids is 1. The third kappa shape index (κ3) is 2.84. The lowest BCUT2D eigenvalue weighted by molar-refractivity contribution is -0.0649. The minimum atomic E-state index is -0.189. The number of hydrogen-bond acceptors (Lipinski definition) is 4. The summed E-state index contributed by atoms with van der Waals surface area (Å²) in [6, 6.07) is 6.81. The van der Waals surface area contributed by atoms with Gasteiger partial charge in [0.2, 0.25) is 0 Å². The molecule has 0 bridgehead atoms. The standard InChI is InChI=1S/C18H20FN3OS/c19-15-4-1-3-14(9-15)10-22-8-6-18(22)5-2-7-21(12-18)17(23)16-11-24-13-20-16/h1,3-4,9,11,13H,2,5-8,10,12H2. The normalized spacial score (nSPS) is 24.1. The highest BCUT2D eigenvalue weighted by molar-refractivity contribution is 7.07. The van der Waals surface area contributed by atoms with Crippen LogP contribution in [-0.4, -0.2) is 45.9 Å². The molecule has 1 spiro atoms. The maximum absolute atomic E-state index is 13.4. The monoisotopic (exact) mass is 345 g/mol. The molecule has 0 N–H and O–H groups in total. The fourth-order valence-corrected chi connectivity index (χ4v) is 4.44. The van der Waals surface area contributed by atoms with Gasteiger partial charge >= 0.3 is 0 Å². The zero-order valence-electron chi connectivity index (χ0n) is 13.4. The van der Waals surface area contributed by atoms with Gasteiger partial charge in [0.15, 0.2) is 0 Å². The molecule has 24 heavy (non-hydrogen) atoms. The van der Waals surface area contributed by atoms with Gasteiger partial charge in [0.1, 0.15) is 11.5 Å². The van der Waals surface area contributed by atoms with E-state index < -0.39 is 0 Å². The highest BCUT2D eigenvalue weighted by atomic mass is 32.1. The highest BCUT2D eigenvalue weighted by Gasteiger charge is 2.47. The van der Waals surface area contributed by atoms with Crippen molar-refractivity contribution >= 4 is 17.2 Å². The molecule has 2 aromatic rings. The summed E-state index contributed by atoms with van der Waals surface area (Å²) in [6.07, 6.45) is 3.21. The van der Waals surface area contributed by atoms with E-state index in [-0.39, 0.29) is 17.3 Å². The summed E-state index contributed by atoms with van der Waals surface area (Å²) in [6.45, 7) is 3.30. The van der Waals surface area contributed by atoms with Crippen molar-refractivity contribution in [3.8, 4) is 0 Å². The molecule has 0 saturated carbocycles. The van der Waals surface area contributed by atoms with E-state index in [4.69, 9.17) is 0 Å². The lowest BCUT2D eigenvalue weighted by Crippen LogP contribution is -2.67. The van der Waals surface area contributed by atoms with Crippen molar-refractivity contribution in [3.63, 3.8) is 0 Å². The second-order valence-corrected chi connectivity index (χ2v) is 7.45. The van der Waals surface area contributed by atoms with Crippen molar-refractivity contribution in [2.24, 2.45) is 0 Å². The average Bonchev–Trinajstić information content (AvgIpc) is 3.13. The minimum absolute atomic E-state index is 0.0351. The van der Waals surface area contributed by atoms with E-state index in [0.29, 0.717) is 5.69 Å². The molecule has 6 heteroatoms. The van der Waals surface area contributed by atoms with Crippen molar-refractivity contribution in [2.75, 3.05) is 19.6 Å². The van der Waals surface area contributed by atoms with Crippen LogP contribution in [0.4, 0.5) is 4.39 Å². The predicted octanol–water partition coefficient (Wildman–Crippen LogP) is 3.16. The number of hydrogen-bond donors (Lipinski definition) is 0. The van der Waals surface area contributed by atoms with Crippen LogP contribution in [-0.2, 0) is 6.54 Å². The van der Waals surface area contributed by atoms with Crippen molar-refractivity contribution in [2.45, 2.75) is 31.3 Å². The van der Waals surface area contributed by atoms with E-state index in [1.165, 1.54) is 17.4 Å². The van der Waals surface area contributed by atoms with E-state index in [1.54, 1.807) is 17.6 Å². The molecule has 1 aromatic heterocycles. The molecule has 2 aliphatic rings. The Morgan fingerprint density at radius 3 is 2.96 bits per heavy atom. The van der Waals surface area contributed by atoms with Crippen LogP contribution in [0.5, 0.6) is 0 Å². The van der Waals surface area contributed by atoms with Gasteiger partial charge in [0.25, 0.3) is 5.91 Å². The fraction of sp³-hybridized carbons (Fsp3) is 0.444. The van der Waals surface area contributed by atoms with Gasteiger partial charge in [-0.25, -0.2) is 9.37 Å². The van der Waals surface area contributed by atoms with Gasteiger partial charge in [-0.2, -0.15) is 0 Å². The second-order valence-electron chi connectivity index (χ2n) is 6.73. The van der Waals surface area contributed by atoms with Crippen LogP contribution in [0.1, 0.15) is 35.3 Å². The fourth-order valence-electron chi connectivity index (χ4n) is 3.92. The minimum Gasteiger partial charge on any atom is -0.335 e. The van der Waals surface area contributed by atoms with Crippen molar-refractivity contribution < 1.29 is 9.18 Å². The molecule has 1 atom stereocenters. The van der Waals surface area contributed by atoms with E-state index >= 15 is 0 Å². The summed E-state index contributed by atoms with van der Waals surface area (Å²) in [7, 11) is 0. The van der Waals surface area contributed by atoms with Gasteiger partial charge in [-0.15, -0.1) is 11.3 Å². The molecule has 1 aromatic carbocycles. The number of carbonyl (C=O) groups is 1. The van der Waals surface area contributed by atoms with Crippen LogP contribution in [0, 0.1) is 5.82 Å². The lowest BCUT2D eigenvalue weighted by Gasteiger charge is -2.57. The maximum atomic E-state index is 13.4. The third-order valence-electron chi connectivity index (χ3n) is 5.27. The number of likely N-dealkylation sites (tertiary alicyclic amines) is 2. The number of thiazole rings is 1. The summed E-state index contributed by atoms with van der Waals surface area (Å²) in [5.41, 5.74) is 3.30. The molecule has 1 amide bonds. The summed E-state index contributed by atoms with van der Waals surface area (Å²) in [5.74, 6) is -0.154. The Balaban J connectivity index is 1.47. The largest absolute Gasteiger partial charge is 0.335 e. The zero-order valence-corrected chi connectivity index (χ0v) is 14.3. The molecule has 126 valence electrons. The first-order valence-electron chi connectivity index (χ1n) is 8.33. The first-order valence-corrected chi connectivity index (χ1v) is 9.28. The Kier molecular flexibility index (Phi) is 4.10. The van der Waals surface area contributed by atoms with Crippen LogP contribution in [0.15, 0.2) is 35.2 Å². The Morgan fingerprint density at radius 2 is 2.25 bits per heavy atom. The van der Waals surface area contributed by atoms with Crippen LogP contribution in [0.2, 0.25) is 0 Å². The van der Waals surface area contributed by atoms with Gasteiger partial charge in [0, 0.05) is 37.1 Å². The molecular formula is C18H20FN3OS. The third-order valence-corrected chi connectivity index (χ3v) is 5.86. The molecule has 0 radical (unpaired) electrons. The average molecular weight is 345 g/mol. The number of aromatic nitrogens is 1. The lowest BCUT2D eigenvalue weighted by atomic mass is 9.77. The molecular weight excluding hydrogens is 325 g/mol. The molecule has 4 rings (SSSR count). The number of piperidine rings is 1. The van der Waals surface area contributed by atoms with Crippen molar-refractivity contribution in [1.29, 1.82) is 0 Å². The van der Waals surface area contributed by atoms with Gasteiger partial charge in [0.05, 0.1) is 5.51 Å². The van der Waals surface area contributed by atoms with Gasteiger partial charge in [-0.1, -0.05) is 12.1 Å². The smallest absolute Gasteiger partial charge is 0.273 e. The molecule has 0 aliphatic carbocycles. The second kappa shape index (κ2) is 6.26. The molecule has 2 saturated heterocycles. The van der Waals surface area contributed by atoms with Crippen molar-refractivity contribution in [3.05, 3.63) is 52.2 Å². The molecule has 2 aliphatic heterocycles. The zero-order chi connectivity index (χ0) is 16.6. The molecule has 1 unspecified atom stereocenters. The van der Waals surface area contributed by atoms with Crippen molar-refractivity contribution in [1.82, 2.24) is 14.8 Å². The first-order chi connectivity index (χ1) is 11.7.